The number of thioether (sulfide) groups is 1. The number of nitrogens with zero attached hydrogens (tertiary/aromatic N) is 1. The van der Waals surface area contributed by atoms with Crippen molar-refractivity contribution in [3.8, 4) is 0 Å². The van der Waals surface area contributed by atoms with Crippen LogP contribution in [0.4, 0.5) is 0 Å². The van der Waals surface area contributed by atoms with E-state index in [0.29, 0.717) is 0 Å². The average molecular weight is 202 g/mol. The Morgan fingerprint density at radius 2 is 2.15 bits per heavy atom. The molecular weight excluding hydrogens is 180 g/mol. The number of rotatable bonds is 5. The minimum atomic E-state index is 1.17. The van der Waals surface area contributed by atoms with E-state index >= 15 is 0 Å². The first kappa shape index (κ1) is 11.3. The van der Waals surface area contributed by atoms with E-state index in [1.807, 2.05) is 7.05 Å². The van der Waals surface area contributed by atoms with E-state index in [9.17, 15) is 0 Å². The van der Waals surface area contributed by atoms with E-state index in [1.165, 1.54) is 56.9 Å². The molecule has 1 N–H and O–H groups in total. The SMILES string of the molecule is CNCCCCN1CCCSCC1. The van der Waals surface area contributed by atoms with Crippen LogP contribution in [0.5, 0.6) is 0 Å². The first-order valence-corrected chi connectivity index (χ1v) is 6.53. The third-order valence-corrected chi connectivity index (χ3v) is 3.51. The number of unbranched alkanes of at least 4 members (excludes halogenated alkanes) is 1. The van der Waals surface area contributed by atoms with E-state index in [0.717, 1.165) is 0 Å². The first-order valence-electron chi connectivity index (χ1n) is 5.38. The number of hydrogen-bond acceptors (Lipinski definition) is 3. The van der Waals surface area contributed by atoms with E-state index < -0.39 is 0 Å². The Bertz CT molecular complexity index is 111. The highest BCUT2D eigenvalue weighted by atomic mass is 32.2. The summed E-state index contributed by atoms with van der Waals surface area (Å²) < 4.78 is 0. The Morgan fingerprint density at radius 3 is 3.00 bits per heavy atom. The van der Waals surface area contributed by atoms with E-state index in [4.69, 9.17) is 0 Å². The van der Waals surface area contributed by atoms with Gasteiger partial charge in [-0.05, 0) is 51.7 Å². The molecule has 2 nitrogen and oxygen atoms in total. The summed E-state index contributed by atoms with van der Waals surface area (Å²) in [4.78, 5) is 2.62. The van der Waals surface area contributed by atoms with Crippen LogP contribution in [-0.2, 0) is 0 Å². The molecule has 0 amide bonds. The standard InChI is InChI=1S/C10H22N2S/c1-11-5-2-3-6-12-7-4-9-13-10-8-12/h11H,2-10H2,1H3. The summed E-state index contributed by atoms with van der Waals surface area (Å²) in [5, 5.41) is 3.20. The average Bonchev–Trinajstić information content (AvgIpc) is 2.41. The fourth-order valence-corrected chi connectivity index (χ4v) is 2.58. The summed E-state index contributed by atoms with van der Waals surface area (Å²) in [5.74, 6) is 2.71. The predicted octanol–water partition coefficient (Wildman–Crippen LogP) is 1.42. The molecule has 3 heteroatoms. The van der Waals surface area contributed by atoms with Crippen LogP contribution in [0, 0.1) is 0 Å². The second kappa shape index (κ2) is 7.65. The molecule has 0 atom stereocenters. The Hall–Kier alpha value is 0.270. The largest absolute Gasteiger partial charge is 0.320 e. The molecule has 0 saturated carbocycles. The molecule has 78 valence electrons. The molecule has 0 bridgehead atoms. The highest BCUT2D eigenvalue weighted by molar-refractivity contribution is 7.99. The molecule has 0 aliphatic carbocycles. The Kier molecular flexibility index (Phi) is 6.68. The van der Waals surface area contributed by atoms with Gasteiger partial charge >= 0.3 is 0 Å². The molecule has 0 spiro atoms. The van der Waals surface area contributed by atoms with Crippen molar-refractivity contribution >= 4 is 11.8 Å². The van der Waals surface area contributed by atoms with Gasteiger partial charge in [-0.25, -0.2) is 0 Å². The summed E-state index contributed by atoms with van der Waals surface area (Å²) in [6.45, 7) is 5.11. The van der Waals surface area contributed by atoms with Crippen LogP contribution in [0.2, 0.25) is 0 Å². The molecule has 0 aromatic heterocycles. The molecule has 0 aromatic carbocycles. The maximum Gasteiger partial charge on any atom is 0.00723 e. The normalized spacial score (nSPS) is 20.1. The lowest BCUT2D eigenvalue weighted by Gasteiger charge is -2.18. The van der Waals surface area contributed by atoms with Crippen LogP contribution in [-0.4, -0.2) is 49.6 Å². The van der Waals surface area contributed by atoms with Gasteiger partial charge in [0.2, 0.25) is 0 Å². The van der Waals surface area contributed by atoms with Crippen molar-refractivity contribution in [2.45, 2.75) is 19.3 Å². The molecule has 0 aromatic rings. The number of nitrogens with one attached hydrogen (secondary N) is 1. The van der Waals surface area contributed by atoms with Crippen LogP contribution in [0.25, 0.3) is 0 Å². The molecule has 1 aliphatic rings. The van der Waals surface area contributed by atoms with Crippen molar-refractivity contribution in [1.82, 2.24) is 10.2 Å². The van der Waals surface area contributed by atoms with E-state index in [2.05, 4.69) is 22.0 Å². The molecule has 1 rings (SSSR count). The van der Waals surface area contributed by atoms with Gasteiger partial charge in [0.15, 0.2) is 0 Å². The summed E-state index contributed by atoms with van der Waals surface area (Å²) in [5.41, 5.74) is 0. The van der Waals surface area contributed by atoms with Crippen LogP contribution in [0.3, 0.4) is 0 Å². The molecular formula is C10H22N2S. The zero-order valence-corrected chi connectivity index (χ0v) is 9.54. The highest BCUT2D eigenvalue weighted by Gasteiger charge is 2.07. The molecule has 13 heavy (non-hydrogen) atoms. The minimum Gasteiger partial charge on any atom is -0.320 e. The lowest BCUT2D eigenvalue weighted by Crippen LogP contribution is -2.27. The van der Waals surface area contributed by atoms with Gasteiger partial charge in [-0.2, -0.15) is 11.8 Å². The zero-order valence-electron chi connectivity index (χ0n) is 8.72. The van der Waals surface area contributed by atoms with Gasteiger partial charge in [0.25, 0.3) is 0 Å². The second-order valence-electron chi connectivity index (χ2n) is 3.62. The topological polar surface area (TPSA) is 15.3 Å². The molecule has 1 heterocycles. The minimum absolute atomic E-state index is 1.17. The quantitative estimate of drug-likeness (QED) is 0.679. The Balaban J connectivity index is 1.98. The smallest absolute Gasteiger partial charge is 0.00723 e. The Labute approximate surface area is 86.5 Å². The molecule has 0 radical (unpaired) electrons. The maximum absolute atomic E-state index is 3.20. The second-order valence-corrected chi connectivity index (χ2v) is 4.84. The summed E-state index contributed by atoms with van der Waals surface area (Å²) >= 11 is 2.11. The summed E-state index contributed by atoms with van der Waals surface area (Å²) in [7, 11) is 2.03. The predicted molar refractivity (Wildman–Crippen MR) is 61.5 cm³/mol. The van der Waals surface area contributed by atoms with Crippen LogP contribution < -0.4 is 5.32 Å². The van der Waals surface area contributed by atoms with Gasteiger partial charge in [-0.15, -0.1) is 0 Å². The number of hydrogen-bond donors (Lipinski definition) is 1. The van der Waals surface area contributed by atoms with Crippen molar-refractivity contribution in [3.05, 3.63) is 0 Å². The van der Waals surface area contributed by atoms with Crippen LogP contribution >= 0.6 is 11.8 Å². The molecule has 1 fully saturated rings. The summed E-state index contributed by atoms with van der Waals surface area (Å²) in [6, 6.07) is 0. The van der Waals surface area contributed by atoms with Crippen LogP contribution in [0.15, 0.2) is 0 Å². The van der Waals surface area contributed by atoms with E-state index in [-0.39, 0.29) is 0 Å². The lowest BCUT2D eigenvalue weighted by molar-refractivity contribution is 0.289. The van der Waals surface area contributed by atoms with Gasteiger partial charge in [0.1, 0.15) is 0 Å². The summed E-state index contributed by atoms with van der Waals surface area (Å²) in [6.07, 6.45) is 4.06. The van der Waals surface area contributed by atoms with Crippen molar-refractivity contribution in [3.63, 3.8) is 0 Å². The van der Waals surface area contributed by atoms with Gasteiger partial charge in [0, 0.05) is 12.3 Å². The lowest BCUT2D eigenvalue weighted by atomic mass is 10.3. The van der Waals surface area contributed by atoms with E-state index in [1.54, 1.807) is 0 Å². The van der Waals surface area contributed by atoms with Crippen molar-refractivity contribution in [2.24, 2.45) is 0 Å². The third-order valence-electron chi connectivity index (χ3n) is 2.47. The highest BCUT2D eigenvalue weighted by Crippen LogP contribution is 2.10. The molecule has 1 saturated heterocycles. The van der Waals surface area contributed by atoms with Crippen molar-refractivity contribution in [2.75, 3.05) is 44.7 Å². The monoisotopic (exact) mass is 202 g/mol. The van der Waals surface area contributed by atoms with Crippen molar-refractivity contribution < 1.29 is 0 Å². The zero-order chi connectivity index (χ0) is 9.36. The Morgan fingerprint density at radius 1 is 1.23 bits per heavy atom. The fraction of sp³-hybridized carbons (Fsp3) is 1.00. The fourth-order valence-electron chi connectivity index (χ4n) is 1.66. The first-order chi connectivity index (χ1) is 6.43. The van der Waals surface area contributed by atoms with Crippen LogP contribution in [0.1, 0.15) is 19.3 Å². The van der Waals surface area contributed by atoms with Gasteiger partial charge < -0.3 is 10.2 Å². The van der Waals surface area contributed by atoms with Gasteiger partial charge in [-0.1, -0.05) is 0 Å². The molecule has 0 unspecified atom stereocenters. The molecule has 1 aliphatic heterocycles. The third kappa shape index (κ3) is 5.55. The van der Waals surface area contributed by atoms with Crippen molar-refractivity contribution in [1.29, 1.82) is 0 Å². The maximum atomic E-state index is 3.20. The van der Waals surface area contributed by atoms with Gasteiger partial charge in [0.05, 0.1) is 0 Å². The van der Waals surface area contributed by atoms with Gasteiger partial charge in [-0.3, -0.25) is 0 Å².